The molecule has 2 heterocycles. The largest absolute Gasteiger partial charge is 0.479 e. The highest BCUT2D eigenvalue weighted by atomic mass is 35.5. The summed E-state index contributed by atoms with van der Waals surface area (Å²) in [5, 5.41) is 6.73. The van der Waals surface area contributed by atoms with Crippen molar-refractivity contribution in [3.63, 3.8) is 0 Å². The maximum absolute atomic E-state index is 12.3. The number of rotatable bonds is 0. The first-order chi connectivity index (χ1) is 8.97. The van der Waals surface area contributed by atoms with Crippen molar-refractivity contribution < 1.29 is 9.53 Å². The highest BCUT2D eigenvalue weighted by molar-refractivity contribution is 6.35. The third-order valence-corrected chi connectivity index (χ3v) is 3.83. The van der Waals surface area contributed by atoms with Crippen molar-refractivity contribution in [3.05, 3.63) is 27.7 Å². The highest BCUT2D eigenvalue weighted by Crippen LogP contribution is 2.44. The van der Waals surface area contributed by atoms with Gasteiger partial charge in [0.2, 0.25) is 0 Å². The number of carbonyl (C=O) groups excluding carboxylic acids is 1. The Bertz CT molecular complexity index is 601. The van der Waals surface area contributed by atoms with Crippen LogP contribution in [0.4, 0.5) is 0 Å². The number of nitrogens with zero attached hydrogens (tertiary/aromatic N) is 2. The Morgan fingerprint density at radius 2 is 2.16 bits per heavy atom. The van der Waals surface area contributed by atoms with Crippen LogP contribution in [0.15, 0.2) is 17.2 Å². The third-order valence-electron chi connectivity index (χ3n) is 3.33. The van der Waals surface area contributed by atoms with Crippen LogP contribution in [0.2, 0.25) is 10.0 Å². The number of hydrogen-bond acceptors (Lipinski definition) is 3. The van der Waals surface area contributed by atoms with E-state index < -0.39 is 6.10 Å². The van der Waals surface area contributed by atoms with Crippen molar-refractivity contribution in [3.8, 4) is 5.75 Å². The first-order valence-corrected chi connectivity index (χ1v) is 6.75. The molecule has 19 heavy (non-hydrogen) atoms. The second-order valence-electron chi connectivity index (χ2n) is 4.80. The van der Waals surface area contributed by atoms with Crippen LogP contribution in [0.5, 0.6) is 5.75 Å². The van der Waals surface area contributed by atoms with Gasteiger partial charge >= 0.3 is 0 Å². The summed E-state index contributed by atoms with van der Waals surface area (Å²) in [4.78, 5) is 12.3. The Hall–Kier alpha value is -1.26. The molecule has 0 N–H and O–H groups in total. The molecule has 6 heteroatoms. The van der Waals surface area contributed by atoms with E-state index in [0.29, 0.717) is 22.2 Å². The van der Waals surface area contributed by atoms with E-state index in [1.54, 1.807) is 19.1 Å². The molecule has 0 aromatic heterocycles. The minimum Gasteiger partial charge on any atom is -0.479 e. The summed E-state index contributed by atoms with van der Waals surface area (Å²) in [5.41, 5.74) is 1.73. The number of fused-ring (bicyclic) bond motifs is 3. The number of benzene rings is 1. The lowest BCUT2D eigenvalue weighted by Gasteiger charge is -2.19. The SMILES string of the molecule is CC1=NN2C(=O)C(C)Oc3c(Cl)cc(Cl)cc3C2C1. The lowest BCUT2D eigenvalue weighted by Crippen LogP contribution is -2.34. The Labute approximate surface area is 120 Å². The van der Waals surface area contributed by atoms with Crippen LogP contribution in [0.1, 0.15) is 31.9 Å². The van der Waals surface area contributed by atoms with Crippen molar-refractivity contribution in [1.29, 1.82) is 0 Å². The standard InChI is InChI=1S/C13H12Cl2N2O2/c1-6-3-11-9-4-8(14)5-10(15)12(9)19-7(2)13(18)17(11)16-6/h4-5,7,11H,3H2,1-2H3. The summed E-state index contributed by atoms with van der Waals surface area (Å²) in [6.45, 7) is 3.60. The van der Waals surface area contributed by atoms with E-state index in [-0.39, 0.29) is 11.9 Å². The van der Waals surface area contributed by atoms with Gasteiger partial charge in [-0.1, -0.05) is 23.2 Å². The Balaban J connectivity index is 2.19. The minimum atomic E-state index is -0.614. The summed E-state index contributed by atoms with van der Waals surface area (Å²) in [6.07, 6.45) is 0.0583. The molecule has 1 amide bonds. The fraction of sp³-hybridized carbons (Fsp3) is 0.385. The molecule has 2 unspecified atom stereocenters. The van der Waals surface area contributed by atoms with Crippen molar-refractivity contribution in [2.24, 2.45) is 5.10 Å². The van der Waals surface area contributed by atoms with Gasteiger partial charge in [-0.25, -0.2) is 5.01 Å². The maximum atomic E-state index is 12.3. The van der Waals surface area contributed by atoms with Gasteiger partial charge in [0.15, 0.2) is 6.10 Å². The first-order valence-electron chi connectivity index (χ1n) is 6.00. The minimum absolute atomic E-state index is 0.162. The van der Waals surface area contributed by atoms with Gasteiger partial charge in [0.1, 0.15) is 5.75 Å². The van der Waals surface area contributed by atoms with Crippen LogP contribution in [-0.2, 0) is 4.79 Å². The van der Waals surface area contributed by atoms with Gasteiger partial charge in [-0.15, -0.1) is 0 Å². The molecule has 1 aromatic rings. The van der Waals surface area contributed by atoms with E-state index in [1.807, 2.05) is 6.92 Å². The van der Waals surface area contributed by atoms with Gasteiger partial charge in [-0.2, -0.15) is 5.10 Å². The molecule has 0 saturated carbocycles. The zero-order valence-corrected chi connectivity index (χ0v) is 12.0. The van der Waals surface area contributed by atoms with Crippen molar-refractivity contribution in [2.75, 3.05) is 0 Å². The van der Waals surface area contributed by atoms with E-state index in [4.69, 9.17) is 27.9 Å². The van der Waals surface area contributed by atoms with Gasteiger partial charge in [-0.05, 0) is 26.0 Å². The summed E-state index contributed by atoms with van der Waals surface area (Å²) >= 11 is 12.2. The zero-order valence-electron chi connectivity index (χ0n) is 10.5. The van der Waals surface area contributed by atoms with E-state index in [0.717, 1.165) is 11.3 Å². The molecule has 100 valence electrons. The first kappa shape index (κ1) is 12.8. The molecule has 2 atom stereocenters. The Kier molecular flexibility index (Phi) is 2.95. The van der Waals surface area contributed by atoms with Gasteiger partial charge in [0.05, 0.1) is 11.1 Å². The number of hydrazone groups is 1. The number of ether oxygens (including phenoxy) is 1. The molecule has 1 aromatic carbocycles. The Morgan fingerprint density at radius 1 is 1.42 bits per heavy atom. The molecule has 0 spiro atoms. The molecule has 0 bridgehead atoms. The fourth-order valence-corrected chi connectivity index (χ4v) is 3.02. The van der Waals surface area contributed by atoms with Gasteiger partial charge in [0.25, 0.3) is 5.91 Å². The van der Waals surface area contributed by atoms with Gasteiger partial charge in [-0.3, -0.25) is 4.79 Å². The number of halogens is 2. The van der Waals surface area contributed by atoms with Crippen LogP contribution < -0.4 is 4.74 Å². The van der Waals surface area contributed by atoms with Crippen LogP contribution in [0, 0.1) is 0 Å². The highest BCUT2D eigenvalue weighted by Gasteiger charge is 2.39. The molecule has 0 saturated heterocycles. The predicted molar refractivity (Wildman–Crippen MR) is 73.9 cm³/mol. The van der Waals surface area contributed by atoms with Gasteiger partial charge in [0, 0.05) is 22.7 Å². The van der Waals surface area contributed by atoms with E-state index in [9.17, 15) is 4.79 Å². The van der Waals surface area contributed by atoms with E-state index in [1.165, 1.54) is 5.01 Å². The smallest absolute Gasteiger partial charge is 0.283 e. The average molecular weight is 299 g/mol. The van der Waals surface area contributed by atoms with Crippen LogP contribution in [0.25, 0.3) is 0 Å². The molecule has 3 rings (SSSR count). The van der Waals surface area contributed by atoms with E-state index in [2.05, 4.69) is 5.10 Å². The average Bonchev–Trinajstić information content (AvgIpc) is 2.69. The molecule has 0 radical (unpaired) electrons. The van der Waals surface area contributed by atoms with E-state index >= 15 is 0 Å². The Morgan fingerprint density at radius 3 is 2.89 bits per heavy atom. The van der Waals surface area contributed by atoms with Crippen molar-refractivity contribution in [2.45, 2.75) is 32.4 Å². The molecular formula is C13H12Cl2N2O2. The summed E-state index contributed by atoms with van der Waals surface area (Å²) in [7, 11) is 0. The lowest BCUT2D eigenvalue weighted by atomic mass is 10.0. The molecule has 2 aliphatic heterocycles. The third kappa shape index (κ3) is 1.99. The van der Waals surface area contributed by atoms with Crippen LogP contribution in [-0.4, -0.2) is 22.7 Å². The molecule has 4 nitrogen and oxygen atoms in total. The number of hydrogen-bond donors (Lipinski definition) is 0. The summed E-state index contributed by atoms with van der Waals surface area (Å²) < 4.78 is 5.68. The van der Waals surface area contributed by atoms with Crippen LogP contribution in [0.3, 0.4) is 0 Å². The predicted octanol–water partition coefficient (Wildman–Crippen LogP) is 3.42. The fourth-order valence-electron chi connectivity index (χ4n) is 2.47. The summed E-state index contributed by atoms with van der Waals surface area (Å²) in [6, 6.07) is 3.24. The maximum Gasteiger partial charge on any atom is 0.283 e. The van der Waals surface area contributed by atoms with Gasteiger partial charge < -0.3 is 4.74 Å². The molecule has 2 aliphatic rings. The van der Waals surface area contributed by atoms with Crippen molar-refractivity contribution in [1.82, 2.24) is 5.01 Å². The second-order valence-corrected chi connectivity index (χ2v) is 5.65. The lowest BCUT2D eigenvalue weighted by molar-refractivity contribution is -0.138. The molecular weight excluding hydrogens is 287 g/mol. The topological polar surface area (TPSA) is 41.9 Å². The molecule has 0 fully saturated rings. The second kappa shape index (κ2) is 4.39. The zero-order chi connectivity index (χ0) is 13.7. The number of amides is 1. The van der Waals surface area contributed by atoms with Crippen molar-refractivity contribution >= 4 is 34.8 Å². The monoisotopic (exact) mass is 298 g/mol. The molecule has 0 aliphatic carbocycles. The quantitative estimate of drug-likeness (QED) is 0.736. The normalized spacial score (nSPS) is 25.4. The number of carbonyl (C=O) groups is 1. The summed E-state index contributed by atoms with van der Waals surface area (Å²) in [5.74, 6) is 0.370. The van der Waals surface area contributed by atoms with Crippen LogP contribution >= 0.6 is 23.2 Å².